The molecule has 0 saturated carbocycles. The highest BCUT2D eigenvalue weighted by atomic mass is 16.6. The fourth-order valence-electron chi connectivity index (χ4n) is 1.99. The number of aromatic nitrogens is 1. The third-order valence-electron chi connectivity index (χ3n) is 3.04. The van der Waals surface area contributed by atoms with Gasteiger partial charge in [0.2, 0.25) is 5.91 Å². The lowest BCUT2D eigenvalue weighted by Crippen LogP contribution is -2.18. The van der Waals surface area contributed by atoms with Gasteiger partial charge in [0.15, 0.2) is 0 Å². The van der Waals surface area contributed by atoms with Gasteiger partial charge in [-0.2, -0.15) is 0 Å². The summed E-state index contributed by atoms with van der Waals surface area (Å²) >= 11 is 0. The molecule has 2 aromatic rings. The van der Waals surface area contributed by atoms with E-state index < -0.39 is 10.8 Å². The highest BCUT2D eigenvalue weighted by molar-refractivity contribution is 5.94. The van der Waals surface area contributed by atoms with E-state index in [0.29, 0.717) is 12.2 Å². The van der Waals surface area contributed by atoms with Crippen LogP contribution in [0, 0.1) is 10.1 Å². The second-order valence-electron chi connectivity index (χ2n) is 4.54. The molecule has 2 rings (SSSR count). The van der Waals surface area contributed by atoms with E-state index in [1.54, 1.807) is 24.3 Å². The number of anilines is 1. The molecule has 1 aromatic carbocycles. The summed E-state index contributed by atoms with van der Waals surface area (Å²) in [7, 11) is 1.74. The molecular formula is C14H14N4O3. The van der Waals surface area contributed by atoms with Crippen molar-refractivity contribution >= 4 is 17.3 Å². The van der Waals surface area contributed by atoms with Crippen LogP contribution in [0.4, 0.5) is 11.4 Å². The topological polar surface area (TPSA) is 102 Å². The Morgan fingerprint density at radius 1 is 1.33 bits per heavy atom. The van der Waals surface area contributed by atoms with Crippen LogP contribution in [0.3, 0.4) is 0 Å². The Balaban J connectivity index is 2.34. The summed E-state index contributed by atoms with van der Waals surface area (Å²) < 4.78 is 0. The highest BCUT2D eigenvalue weighted by Gasteiger charge is 2.19. The van der Waals surface area contributed by atoms with Crippen LogP contribution in [0.15, 0.2) is 42.7 Å². The molecule has 21 heavy (non-hydrogen) atoms. The Labute approximate surface area is 121 Å². The first-order valence-corrected chi connectivity index (χ1v) is 6.17. The summed E-state index contributed by atoms with van der Waals surface area (Å²) in [6.07, 6.45) is 3.32. The predicted octanol–water partition coefficient (Wildman–Crippen LogP) is 1.73. The van der Waals surface area contributed by atoms with Crippen molar-refractivity contribution in [2.75, 3.05) is 11.9 Å². The number of benzene rings is 1. The molecule has 1 aromatic heterocycles. The number of hydrogen-bond donors (Lipinski definition) is 1. The Hall–Kier alpha value is -2.96. The molecule has 0 bridgehead atoms. The molecule has 1 heterocycles. The van der Waals surface area contributed by atoms with Gasteiger partial charge in [-0.3, -0.25) is 19.9 Å². The number of carbonyl (C=O) groups excluding carboxylic acids is 1. The quantitative estimate of drug-likeness (QED) is 0.666. The van der Waals surface area contributed by atoms with Crippen molar-refractivity contribution in [1.29, 1.82) is 0 Å². The van der Waals surface area contributed by atoms with Gasteiger partial charge in [-0.15, -0.1) is 0 Å². The molecule has 0 aliphatic carbocycles. The minimum Gasteiger partial charge on any atom is -0.366 e. The average molecular weight is 286 g/mol. The van der Waals surface area contributed by atoms with Gasteiger partial charge in [-0.05, 0) is 29.8 Å². The summed E-state index contributed by atoms with van der Waals surface area (Å²) in [5.74, 6) is -0.693. The molecule has 0 unspecified atom stereocenters. The molecule has 1 amide bonds. The number of nitro benzene ring substituents is 1. The van der Waals surface area contributed by atoms with E-state index >= 15 is 0 Å². The normalized spacial score (nSPS) is 10.1. The Kier molecular flexibility index (Phi) is 4.13. The zero-order chi connectivity index (χ0) is 15.4. The standard InChI is InChI=1S/C14H14N4O3/c1-17(9-10-4-6-16-7-5-10)12-3-2-11(14(15)19)8-13(12)18(20)21/h2-8H,9H2,1H3,(H2,15,19). The molecule has 0 spiro atoms. The predicted molar refractivity (Wildman–Crippen MR) is 78.0 cm³/mol. The number of nitro groups is 1. The first-order chi connectivity index (χ1) is 9.99. The van der Waals surface area contributed by atoms with Crippen LogP contribution in [0.5, 0.6) is 0 Å². The lowest BCUT2D eigenvalue weighted by Gasteiger charge is -2.19. The van der Waals surface area contributed by atoms with Gasteiger partial charge >= 0.3 is 0 Å². The smallest absolute Gasteiger partial charge is 0.293 e. The fourth-order valence-corrected chi connectivity index (χ4v) is 1.99. The number of rotatable bonds is 5. The molecular weight excluding hydrogens is 272 g/mol. The summed E-state index contributed by atoms with van der Waals surface area (Å²) in [5, 5.41) is 11.2. The minimum absolute atomic E-state index is 0.114. The maximum absolute atomic E-state index is 11.2. The number of carbonyl (C=O) groups is 1. The number of hydrogen-bond acceptors (Lipinski definition) is 5. The van der Waals surface area contributed by atoms with Crippen LogP contribution in [0.1, 0.15) is 15.9 Å². The molecule has 108 valence electrons. The van der Waals surface area contributed by atoms with Crippen LogP contribution in [0.2, 0.25) is 0 Å². The van der Waals surface area contributed by atoms with Crippen LogP contribution in [-0.4, -0.2) is 22.9 Å². The maximum Gasteiger partial charge on any atom is 0.293 e. The number of nitrogens with zero attached hydrogens (tertiary/aromatic N) is 3. The van der Waals surface area contributed by atoms with E-state index in [9.17, 15) is 14.9 Å². The first kappa shape index (κ1) is 14.4. The molecule has 0 radical (unpaired) electrons. The van der Waals surface area contributed by atoms with Crippen LogP contribution in [-0.2, 0) is 6.54 Å². The van der Waals surface area contributed by atoms with E-state index in [-0.39, 0.29) is 11.3 Å². The lowest BCUT2D eigenvalue weighted by molar-refractivity contribution is -0.384. The van der Waals surface area contributed by atoms with Crippen molar-refractivity contribution < 1.29 is 9.72 Å². The zero-order valence-electron chi connectivity index (χ0n) is 11.4. The fraction of sp³-hybridized carbons (Fsp3) is 0.143. The highest BCUT2D eigenvalue weighted by Crippen LogP contribution is 2.29. The number of primary amides is 1. The van der Waals surface area contributed by atoms with Gasteiger partial charge < -0.3 is 10.6 Å². The molecule has 7 heteroatoms. The van der Waals surface area contributed by atoms with Crippen molar-refractivity contribution in [2.24, 2.45) is 5.73 Å². The largest absolute Gasteiger partial charge is 0.366 e. The SMILES string of the molecule is CN(Cc1ccncc1)c1ccc(C(N)=O)cc1[N+](=O)[O-]. The van der Waals surface area contributed by atoms with E-state index in [1.807, 2.05) is 12.1 Å². The third kappa shape index (κ3) is 3.33. The van der Waals surface area contributed by atoms with E-state index in [2.05, 4.69) is 4.98 Å². The molecule has 2 N–H and O–H groups in total. The van der Waals surface area contributed by atoms with Crippen LogP contribution in [0.25, 0.3) is 0 Å². The molecule has 0 saturated heterocycles. The monoisotopic (exact) mass is 286 g/mol. The summed E-state index contributed by atoms with van der Waals surface area (Å²) in [6, 6.07) is 7.87. The van der Waals surface area contributed by atoms with Gasteiger partial charge in [0.25, 0.3) is 5.69 Å². The summed E-state index contributed by atoms with van der Waals surface area (Å²) in [4.78, 5) is 27.4. The number of nitrogens with two attached hydrogens (primary N) is 1. The molecule has 7 nitrogen and oxygen atoms in total. The van der Waals surface area contributed by atoms with E-state index in [1.165, 1.54) is 18.2 Å². The van der Waals surface area contributed by atoms with Crippen molar-refractivity contribution in [2.45, 2.75) is 6.54 Å². The Morgan fingerprint density at radius 3 is 2.57 bits per heavy atom. The average Bonchev–Trinajstić information content (AvgIpc) is 2.47. The Bertz CT molecular complexity index is 673. The minimum atomic E-state index is -0.693. The van der Waals surface area contributed by atoms with Gasteiger partial charge in [0.1, 0.15) is 5.69 Å². The van der Waals surface area contributed by atoms with Gasteiger partial charge in [0, 0.05) is 37.6 Å². The number of amides is 1. The summed E-state index contributed by atoms with van der Waals surface area (Å²) in [6.45, 7) is 0.485. The van der Waals surface area contributed by atoms with Crippen LogP contribution < -0.4 is 10.6 Å². The van der Waals surface area contributed by atoms with Crippen molar-refractivity contribution in [3.05, 3.63) is 64.0 Å². The first-order valence-electron chi connectivity index (χ1n) is 6.17. The molecule has 0 fully saturated rings. The second kappa shape index (κ2) is 6.00. The van der Waals surface area contributed by atoms with E-state index in [4.69, 9.17) is 5.73 Å². The van der Waals surface area contributed by atoms with Gasteiger partial charge in [0.05, 0.1) is 4.92 Å². The second-order valence-corrected chi connectivity index (χ2v) is 4.54. The van der Waals surface area contributed by atoms with Gasteiger partial charge in [-0.1, -0.05) is 0 Å². The molecule has 0 atom stereocenters. The Morgan fingerprint density at radius 2 is 2.00 bits per heavy atom. The maximum atomic E-state index is 11.2. The van der Waals surface area contributed by atoms with E-state index in [0.717, 1.165) is 5.56 Å². The third-order valence-corrected chi connectivity index (χ3v) is 3.04. The van der Waals surface area contributed by atoms with Crippen molar-refractivity contribution in [3.63, 3.8) is 0 Å². The zero-order valence-corrected chi connectivity index (χ0v) is 11.4. The number of pyridine rings is 1. The molecule has 0 aliphatic heterocycles. The van der Waals surface area contributed by atoms with Gasteiger partial charge in [-0.25, -0.2) is 0 Å². The summed E-state index contributed by atoms with van der Waals surface area (Å²) in [5.41, 5.74) is 6.51. The lowest BCUT2D eigenvalue weighted by atomic mass is 10.1. The molecule has 0 aliphatic rings. The van der Waals surface area contributed by atoms with Crippen molar-refractivity contribution in [3.8, 4) is 0 Å². The van der Waals surface area contributed by atoms with Crippen LogP contribution >= 0.6 is 0 Å². The van der Waals surface area contributed by atoms with Crippen molar-refractivity contribution in [1.82, 2.24) is 4.98 Å².